The second kappa shape index (κ2) is 4.92. The molecule has 0 radical (unpaired) electrons. The second-order valence-electron chi connectivity index (χ2n) is 2.23. The average Bonchev–Trinajstić information content (AvgIpc) is 2.39. The summed E-state index contributed by atoms with van der Waals surface area (Å²) in [6.45, 7) is 0. The zero-order valence-corrected chi connectivity index (χ0v) is 7.06. The van der Waals surface area contributed by atoms with Crippen LogP contribution in [0.25, 0.3) is 0 Å². The maximum Gasteiger partial charge on any atom is 1.00 e. The van der Waals surface area contributed by atoms with Crippen molar-refractivity contribution in [3.63, 3.8) is 0 Å². The number of aromatic nitrogens is 2. The van der Waals surface area contributed by atoms with Crippen LogP contribution in [0.3, 0.4) is 0 Å². The molecule has 0 saturated carbocycles. The minimum atomic E-state index is -1.00. The molecule has 4 N–H and O–H groups in total. The Bertz CT molecular complexity index is 237. The molecule has 0 fully saturated rings. The minimum absolute atomic E-state index is 0. The van der Waals surface area contributed by atoms with Gasteiger partial charge in [0.05, 0.1) is 6.33 Å². The molecule has 1 atom stereocenters. The number of nitrogens with one attached hydrogen (secondary N) is 1. The number of carbonyl (C=O) groups is 1. The number of H-pyrrole nitrogens is 1. The number of hydrogen-bond donors (Lipinski definition) is 3. The van der Waals surface area contributed by atoms with Crippen molar-refractivity contribution in [2.75, 3.05) is 0 Å². The van der Waals surface area contributed by atoms with Crippen LogP contribution in [0.15, 0.2) is 12.5 Å². The van der Waals surface area contributed by atoms with Crippen molar-refractivity contribution in [1.82, 2.24) is 9.97 Å². The molecule has 1 aromatic heterocycles. The van der Waals surface area contributed by atoms with Gasteiger partial charge in [-0.3, -0.25) is 4.79 Å². The van der Waals surface area contributed by atoms with Crippen LogP contribution in [0.4, 0.5) is 0 Å². The molecule has 70 valence electrons. The van der Waals surface area contributed by atoms with Gasteiger partial charge in [0.2, 0.25) is 0 Å². The van der Waals surface area contributed by atoms with E-state index < -0.39 is 12.0 Å². The Morgan fingerprint density at radius 3 is 2.92 bits per heavy atom. The van der Waals surface area contributed by atoms with Gasteiger partial charge in [-0.25, -0.2) is 4.98 Å². The summed E-state index contributed by atoms with van der Waals surface area (Å²) in [5.74, 6) is -1.00. The van der Waals surface area contributed by atoms with Crippen LogP contribution in [0.5, 0.6) is 0 Å². The summed E-state index contributed by atoms with van der Waals surface area (Å²) >= 11 is 0. The van der Waals surface area contributed by atoms with E-state index in [0.717, 1.165) is 5.69 Å². The molecule has 1 heterocycles. The molecule has 0 saturated heterocycles. The summed E-state index contributed by atoms with van der Waals surface area (Å²) in [4.78, 5) is 16.8. The van der Waals surface area contributed by atoms with Gasteiger partial charge in [-0.15, -0.1) is 0 Å². The molecule has 0 aromatic carbocycles. The maximum absolute atomic E-state index is 10.3. The third-order valence-electron chi connectivity index (χ3n) is 1.31. The van der Waals surface area contributed by atoms with Crippen LogP contribution >= 0.6 is 0 Å². The molecular weight excluding hydrogens is 210 g/mol. The molecule has 0 aliphatic rings. The fourth-order valence-electron chi connectivity index (χ4n) is 0.721. The topological polar surface area (TPSA) is 92.0 Å². The summed E-state index contributed by atoms with van der Waals surface area (Å²) < 4.78 is 0. The number of imidazole rings is 1. The van der Waals surface area contributed by atoms with Crippen molar-refractivity contribution in [3.8, 4) is 0 Å². The van der Waals surface area contributed by atoms with Crippen LogP contribution in [-0.4, -0.2) is 27.1 Å². The maximum atomic E-state index is 10.3. The second-order valence-corrected chi connectivity index (χ2v) is 2.23. The van der Waals surface area contributed by atoms with Gasteiger partial charge < -0.3 is 15.8 Å². The Morgan fingerprint density at radius 1 is 1.83 bits per heavy atom. The van der Waals surface area contributed by atoms with Crippen molar-refractivity contribution in [3.05, 3.63) is 18.2 Å². The Balaban J connectivity index is 0.00000121. The number of hydrogen-bond acceptors (Lipinski definition) is 3. The first kappa shape index (κ1) is 11.2. The number of nitrogens with zero attached hydrogens (tertiary/aromatic N) is 1. The smallest absolute Gasteiger partial charge is 0.480 e. The summed E-state index contributed by atoms with van der Waals surface area (Å²) in [5.41, 5.74) is 6.00. The Kier molecular flexibility index (Phi) is 4.58. The van der Waals surface area contributed by atoms with Crippen molar-refractivity contribution in [2.45, 2.75) is 12.5 Å². The van der Waals surface area contributed by atoms with Gasteiger partial charge in [-0.1, -0.05) is 0 Å². The van der Waals surface area contributed by atoms with Gasteiger partial charge in [0, 0.05) is 18.3 Å². The van der Waals surface area contributed by atoms with Crippen LogP contribution < -0.4 is 5.73 Å². The van der Waals surface area contributed by atoms with Crippen LogP contribution in [0.2, 0.25) is 0 Å². The SMILES string of the molecule is N[C@@H](Cc1cnc[nH]1)C(=O)O.[Cu+]. The van der Waals surface area contributed by atoms with Gasteiger partial charge in [-0.2, -0.15) is 0 Å². The van der Waals surface area contributed by atoms with E-state index in [1.165, 1.54) is 6.33 Å². The molecule has 0 aliphatic carbocycles. The first-order valence-corrected chi connectivity index (χ1v) is 3.16. The third kappa shape index (κ3) is 3.04. The first-order chi connectivity index (χ1) is 5.20. The molecule has 0 unspecified atom stereocenters. The monoisotopic (exact) mass is 218 g/mol. The fourth-order valence-corrected chi connectivity index (χ4v) is 0.721. The van der Waals surface area contributed by atoms with Crippen LogP contribution in [-0.2, 0) is 28.3 Å². The number of aliphatic carboxylic acids is 1. The van der Waals surface area contributed by atoms with Crippen molar-refractivity contribution >= 4 is 5.97 Å². The fraction of sp³-hybridized carbons (Fsp3) is 0.333. The van der Waals surface area contributed by atoms with Crippen molar-refractivity contribution in [2.24, 2.45) is 5.73 Å². The summed E-state index contributed by atoms with van der Waals surface area (Å²) in [7, 11) is 0. The first-order valence-electron chi connectivity index (χ1n) is 3.16. The van der Waals surface area contributed by atoms with E-state index in [0.29, 0.717) is 0 Å². The van der Waals surface area contributed by atoms with E-state index in [2.05, 4.69) is 9.97 Å². The molecular formula is C6H9CuN3O2+. The molecule has 6 heteroatoms. The summed E-state index contributed by atoms with van der Waals surface area (Å²) in [5, 5.41) is 8.42. The third-order valence-corrected chi connectivity index (χ3v) is 1.31. The number of carboxylic acid groups (broad SMARTS) is 1. The molecule has 0 spiro atoms. The molecule has 0 aliphatic heterocycles. The van der Waals surface area contributed by atoms with Crippen molar-refractivity contribution < 1.29 is 27.0 Å². The van der Waals surface area contributed by atoms with E-state index in [-0.39, 0.29) is 23.5 Å². The normalized spacial score (nSPS) is 11.8. The predicted molar refractivity (Wildman–Crippen MR) is 37.9 cm³/mol. The molecule has 1 aromatic rings. The molecule has 5 nitrogen and oxygen atoms in total. The molecule has 0 amide bonds. The zero-order valence-electron chi connectivity index (χ0n) is 6.12. The largest absolute Gasteiger partial charge is 1.00 e. The summed E-state index contributed by atoms with van der Waals surface area (Å²) in [6, 6.07) is -0.851. The van der Waals surface area contributed by atoms with Gasteiger partial charge in [0.15, 0.2) is 0 Å². The Morgan fingerprint density at radius 2 is 2.50 bits per heavy atom. The standard InChI is InChI=1S/C6H9N3O2.Cu/c7-5(6(10)11)1-4-2-8-3-9-4;/h2-3,5H,1,7H2,(H,8,9)(H,10,11);/q;+1/t5-;/m0./s1. The van der Waals surface area contributed by atoms with Crippen molar-refractivity contribution in [1.29, 1.82) is 0 Å². The predicted octanol–water partition coefficient (Wildman–Crippen LogP) is -0.638. The average molecular weight is 219 g/mol. The van der Waals surface area contributed by atoms with E-state index >= 15 is 0 Å². The Hall–Kier alpha value is -0.841. The van der Waals surface area contributed by atoms with E-state index in [1.54, 1.807) is 6.20 Å². The molecule has 1 rings (SSSR count). The van der Waals surface area contributed by atoms with Gasteiger partial charge >= 0.3 is 23.0 Å². The minimum Gasteiger partial charge on any atom is -0.480 e. The van der Waals surface area contributed by atoms with E-state index in [9.17, 15) is 4.79 Å². The zero-order chi connectivity index (χ0) is 8.27. The number of nitrogens with two attached hydrogens (primary N) is 1. The van der Waals surface area contributed by atoms with Gasteiger partial charge in [0.25, 0.3) is 0 Å². The molecule has 12 heavy (non-hydrogen) atoms. The van der Waals surface area contributed by atoms with E-state index in [1.807, 2.05) is 0 Å². The number of rotatable bonds is 3. The quantitative estimate of drug-likeness (QED) is 0.589. The van der Waals surface area contributed by atoms with Gasteiger partial charge in [-0.05, 0) is 0 Å². The van der Waals surface area contributed by atoms with Gasteiger partial charge in [0.1, 0.15) is 6.04 Å². The van der Waals surface area contributed by atoms with E-state index in [4.69, 9.17) is 10.8 Å². The van der Waals surface area contributed by atoms with Crippen LogP contribution in [0.1, 0.15) is 5.69 Å². The van der Waals surface area contributed by atoms with Crippen LogP contribution in [0, 0.1) is 0 Å². The summed E-state index contributed by atoms with van der Waals surface area (Å²) in [6.07, 6.45) is 3.34. The molecule has 0 bridgehead atoms. The Labute approximate surface area is 79.8 Å². The number of aromatic amines is 1. The number of carboxylic acids is 1.